The highest BCUT2D eigenvalue weighted by atomic mass is 16.3. The van der Waals surface area contributed by atoms with Crippen LogP contribution in [0.4, 0.5) is 0 Å². The molecule has 0 aliphatic heterocycles. The summed E-state index contributed by atoms with van der Waals surface area (Å²) in [4.78, 5) is 0. The molecule has 0 radical (unpaired) electrons. The first-order valence-corrected chi connectivity index (χ1v) is 4.90. The zero-order valence-corrected chi connectivity index (χ0v) is 8.61. The molecule has 1 nitrogen and oxygen atoms in total. The molecule has 0 amide bonds. The van der Waals surface area contributed by atoms with Gasteiger partial charge in [0.2, 0.25) is 0 Å². The van der Waals surface area contributed by atoms with Crippen LogP contribution in [-0.4, -0.2) is 11.2 Å². The van der Waals surface area contributed by atoms with Gasteiger partial charge in [-0.2, -0.15) is 0 Å². The van der Waals surface area contributed by atoms with Crippen molar-refractivity contribution >= 4 is 0 Å². The Morgan fingerprint density at radius 1 is 1.15 bits per heavy atom. The number of aliphatic hydroxyl groups is 1. The van der Waals surface area contributed by atoms with Gasteiger partial charge >= 0.3 is 0 Å². The summed E-state index contributed by atoms with van der Waals surface area (Å²) in [5, 5.41) is 9.66. The Bertz CT molecular complexity index is 176. The molecular weight excluding hydrogens is 160 g/mol. The van der Waals surface area contributed by atoms with E-state index in [4.69, 9.17) is 0 Å². The molecular formula is C12H20O. The van der Waals surface area contributed by atoms with Gasteiger partial charge in [0, 0.05) is 0 Å². The second-order valence-corrected chi connectivity index (χ2v) is 3.07. The Balaban J connectivity index is 3.95. The van der Waals surface area contributed by atoms with E-state index in [1.54, 1.807) is 6.08 Å². The molecule has 0 rings (SSSR count). The standard InChI is InChI=1S/C12H20O/c1-4-7-8-9-10-12(13)11(5-2)6-3/h4,7-13H,1,5-6H2,2-3H3. The van der Waals surface area contributed by atoms with Gasteiger partial charge in [0.1, 0.15) is 0 Å². The van der Waals surface area contributed by atoms with E-state index in [2.05, 4.69) is 20.4 Å². The quantitative estimate of drug-likeness (QED) is 0.623. The van der Waals surface area contributed by atoms with Crippen molar-refractivity contribution in [3.63, 3.8) is 0 Å². The Labute approximate surface area is 81.5 Å². The molecule has 0 bridgehead atoms. The van der Waals surface area contributed by atoms with E-state index in [0.29, 0.717) is 5.92 Å². The zero-order chi connectivity index (χ0) is 10.1. The van der Waals surface area contributed by atoms with Gasteiger partial charge in [0.15, 0.2) is 0 Å². The minimum atomic E-state index is -0.315. The highest BCUT2D eigenvalue weighted by molar-refractivity contribution is 5.10. The van der Waals surface area contributed by atoms with Gasteiger partial charge in [-0.25, -0.2) is 0 Å². The molecule has 0 saturated heterocycles. The van der Waals surface area contributed by atoms with Gasteiger partial charge in [0.05, 0.1) is 6.10 Å². The Morgan fingerprint density at radius 3 is 2.23 bits per heavy atom. The molecule has 1 atom stereocenters. The first-order valence-electron chi connectivity index (χ1n) is 4.90. The van der Waals surface area contributed by atoms with Crippen molar-refractivity contribution in [2.24, 2.45) is 5.92 Å². The minimum Gasteiger partial charge on any atom is -0.389 e. The SMILES string of the molecule is C=CC=CC=CC(O)C(CC)CC. The Kier molecular flexibility index (Phi) is 7.32. The van der Waals surface area contributed by atoms with Crippen LogP contribution >= 0.6 is 0 Å². The fraction of sp³-hybridized carbons (Fsp3) is 0.500. The number of hydrogen-bond donors (Lipinski definition) is 1. The smallest absolute Gasteiger partial charge is 0.0751 e. The summed E-state index contributed by atoms with van der Waals surface area (Å²) in [6.45, 7) is 7.77. The van der Waals surface area contributed by atoms with E-state index in [1.807, 2.05) is 24.3 Å². The van der Waals surface area contributed by atoms with Crippen LogP contribution in [0.15, 0.2) is 37.0 Å². The third-order valence-electron chi connectivity index (χ3n) is 2.20. The van der Waals surface area contributed by atoms with Gasteiger partial charge in [-0.05, 0) is 5.92 Å². The molecule has 1 N–H and O–H groups in total. The zero-order valence-electron chi connectivity index (χ0n) is 8.61. The van der Waals surface area contributed by atoms with Gasteiger partial charge in [-0.15, -0.1) is 0 Å². The van der Waals surface area contributed by atoms with E-state index in [0.717, 1.165) is 12.8 Å². The number of aliphatic hydroxyl groups excluding tert-OH is 1. The summed E-state index contributed by atoms with van der Waals surface area (Å²) in [6.07, 6.45) is 10.9. The normalized spacial score (nSPS) is 14.5. The second kappa shape index (κ2) is 7.81. The maximum atomic E-state index is 9.66. The predicted octanol–water partition coefficient (Wildman–Crippen LogP) is 3.08. The van der Waals surface area contributed by atoms with Crippen LogP contribution in [-0.2, 0) is 0 Å². The fourth-order valence-electron chi connectivity index (χ4n) is 1.25. The fourth-order valence-corrected chi connectivity index (χ4v) is 1.25. The molecule has 13 heavy (non-hydrogen) atoms. The average molecular weight is 180 g/mol. The molecule has 1 heteroatoms. The maximum Gasteiger partial charge on any atom is 0.0751 e. The van der Waals surface area contributed by atoms with E-state index >= 15 is 0 Å². The minimum absolute atomic E-state index is 0.315. The lowest BCUT2D eigenvalue weighted by molar-refractivity contribution is 0.147. The van der Waals surface area contributed by atoms with Crippen molar-refractivity contribution in [1.29, 1.82) is 0 Å². The highest BCUT2D eigenvalue weighted by Crippen LogP contribution is 2.13. The summed E-state index contributed by atoms with van der Waals surface area (Å²) < 4.78 is 0. The second-order valence-electron chi connectivity index (χ2n) is 3.07. The lowest BCUT2D eigenvalue weighted by atomic mass is 9.96. The van der Waals surface area contributed by atoms with E-state index in [9.17, 15) is 5.11 Å². The molecule has 0 aliphatic carbocycles. The van der Waals surface area contributed by atoms with Crippen molar-refractivity contribution in [2.45, 2.75) is 32.8 Å². The third kappa shape index (κ3) is 5.42. The van der Waals surface area contributed by atoms with Gasteiger partial charge in [0.25, 0.3) is 0 Å². The summed E-state index contributed by atoms with van der Waals surface area (Å²) >= 11 is 0. The molecule has 0 aromatic carbocycles. The van der Waals surface area contributed by atoms with E-state index in [1.165, 1.54) is 0 Å². The van der Waals surface area contributed by atoms with Crippen LogP contribution in [0.2, 0.25) is 0 Å². The molecule has 0 heterocycles. The summed E-state index contributed by atoms with van der Waals surface area (Å²) in [7, 11) is 0. The lowest BCUT2D eigenvalue weighted by Gasteiger charge is -2.15. The third-order valence-corrected chi connectivity index (χ3v) is 2.20. The lowest BCUT2D eigenvalue weighted by Crippen LogP contribution is -2.15. The first kappa shape index (κ1) is 12.2. The molecule has 0 saturated carbocycles. The molecule has 1 unspecified atom stereocenters. The topological polar surface area (TPSA) is 20.2 Å². The maximum absolute atomic E-state index is 9.66. The van der Waals surface area contributed by atoms with Crippen molar-refractivity contribution in [2.75, 3.05) is 0 Å². The molecule has 74 valence electrons. The first-order chi connectivity index (χ1) is 6.26. The van der Waals surface area contributed by atoms with Crippen LogP contribution < -0.4 is 0 Å². The Hall–Kier alpha value is -0.820. The van der Waals surface area contributed by atoms with Crippen LogP contribution in [0, 0.1) is 5.92 Å². The van der Waals surface area contributed by atoms with Crippen molar-refractivity contribution in [1.82, 2.24) is 0 Å². The van der Waals surface area contributed by atoms with Crippen LogP contribution in [0.1, 0.15) is 26.7 Å². The van der Waals surface area contributed by atoms with Crippen LogP contribution in [0.5, 0.6) is 0 Å². The summed E-state index contributed by atoms with van der Waals surface area (Å²) in [6, 6.07) is 0. The number of hydrogen-bond acceptors (Lipinski definition) is 1. The van der Waals surface area contributed by atoms with Crippen molar-refractivity contribution in [3.8, 4) is 0 Å². The highest BCUT2D eigenvalue weighted by Gasteiger charge is 2.10. The predicted molar refractivity (Wildman–Crippen MR) is 58.6 cm³/mol. The molecule has 0 spiro atoms. The van der Waals surface area contributed by atoms with Crippen molar-refractivity contribution in [3.05, 3.63) is 37.0 Å². The summed E-state index contributed by atoms with van der Waals surface area (Å²) in [5.74, 6) is 0.383. The average Bonchev–Trinajstić information content (AvgIpc) is 2.14. The molecule has 0 aliphatic rings. The van der Waals surface area contributed by atoms with Gasteiger partial charge in [-0.3, -0.25) is 0 Å². The van der Waals surface area contributed by atoms with Gasteiger partial charge in [-0.1, -0.05) is 63.6 Å². The monoisotopic (exact) mass is 180 g/mol. The van der Waals surface area contributed by atoms with Gasteiger partial charge < -0.3 is 5.11 Å². The molecule has 0 fully saturated rings. The molecule has 0 aromatic rings. The number of rotatable bonds is 6. The van der Waals surface area contributed by atoms with E-state index < -0.39 is 0 Å². The summed E-state index contributed by atoms with van der Waals surface area (Å²) in [5.41, 5.74) is 0. The van der Waals surface area contributed by atoms with Crippen LogP contribution in [0.25, 0.3) is 0 Å². The molecule has 0 aromatic heterocycles. The number of allylic oxidation sites excluding steroid dienone is 4. The van der Waals surface area contributed by atoms with Crippen LogP contribution in [0.3, 0.4) is 0 Å². The largest absolute Gasteiger partial charge is 0.389 e. The Morgan fingerprint density at radius 2 is 1.77 bits per heavy atom. The van der Waals surface area contributed by atoms with Crippen molar-refractivity contribution < 1.29 is 5.11 Å². The van der Waals surface area contributed by atoms with E-state index in [-0.39, 0.29) is 6.10 Å².